The Morgan fingerprint density at radius 3 is 2.19 bits per heavy atom. The van der Waals surface area contributed by atoms with Crippen molar-refractivity contribution in [2.75, 3.05) is 27.7 Å². The summed E-state index contributed by atoms with van der Waals surface area (Å²) >= 11 is 0. The fraction of sp³-hybridized carbons (Fsp3) is 0.917. The molecule has 0 saturated heterocycles. The lowest BCUT2D eigenvalue weighted by Crippen LogP contribution is -2.52. The molecule has 0 spiro atoms. The highest BCUT2D eigenvalue weighted by molar-refractivity contribution is 5.84. The molecule has 1 N–H and O–H groups in total. The molecule has 96 valence electrons. The number of ether oxygens (including phenoxy) is 1. The summed E-state index contributed by atoms with van der Waals surface area (Å²) in [6, 6.07) is 0.150. The van der Waals surface area contributed by atoms with Crippen molar-refractivity contribution < 1.29 is 9.53 Å². The van der Waals surface area contributed by atoms with E-state index in [2.05, 4.69) is 24.1 Å². The summed E-state index contributed by atoms with van der Waals surface area (Å²) in [5.41, 5.74) is -0.764. The van der Waals surface area contributed by atoms with Gasteiger partial charge in [0.2, 0.25) is 0 Å². The van der Waals surface area contributed by atoms with Crippen LogP contribution >= 0.6 is 0 Å². The van der Waals surface area contributed by atoms with Gasteiger partial charge in [0, 0.05) is 19.7 Å². The quantitative estimate of drug-likeness (QED) is 0.743. The first-order chi connectivity index (χ1) is 7.20. The van der Waals surface area contributed by atoms with Crippen molar-refractivity contribution in [3.8, 4) is 0 Å². The van der Waals surface area contributed by atoms with Crippen LogP contribution in [0.25, 0.3) is 0 Å². The van der Waals surface area contributed by atoms with Crippen molar-refractivity contribution in [1.82, 2.24) is 10.2 Å². The number of nitrogens with one attached hydrogen (secondary N) is 1. The zero-order valence-electron chi connectivity index (χ0n) is 11.6. The third-order valence-electron chi connectivity index (χ3n) is 2.74. The van der Waals surface area contributed by atoms with E-state index in [9.17, 15) is 4.79 Å². The first-order valence-electron chi connectivity index (χ1n) is 5.71. The van der Waals surface area contributed by atoms with E-state index in [1.807, 2.05) is 14.1 Å². The van der Waals surface area contributed by atoms with E-state index < -0.39 is 5.60 Å². The van der Waals surface area contributed by atoms with E-state index in [0.29, 0.717) is 5.92 Å². The first kappa shape index (κ1) is 15.4. The summed E-state index contributed by atoms with van der Waals surface area (Å²) < 4.78 is 5.16. The molecule has 1 unspecified atom stereocenters. The van der Waals surface area contributed by atoms with Crippen LogP contribution < -0.4 is 5.32 Å². The van der Waals surface area contributed by atoms with Crippen LogP contribution in [0, 0.1) is 5.92 Å². The third kappa shape index (κ3) is 4.94. The van der Waals surface area contributed by atoms with Gasteiger partial charge < -0.3 is 15.0 Å². The number of methoxy groups -OCH3 is 1. The summed E-state index contributed by atoms with van der Waals surface area (Å²) in [7, 11) is 5.56. The predicted molar refractivity (Wildman–Crippen MR) is 66.4 cm³/mol. The molecule has 0 aromatic rings. The van der Waals surface area contributed by atoms with Crippen LogP contribution in [-0.2, 0) is 9.53 Å². The number of hydrogen-bond donors (Lipinski definition) is 1. The zero-order chi connectivity index (χ0) is 12.9. The summed E-state index contributed by atoms with van der Waals surface area (Å²) in [6.07, 6.45) is 0. The van der Waals surface area contributed by atoms with E-state index in [-0.39, 0.29) is 11.9 Å². The van der Waals surface area contributed by atoms with Crippen molar-refractivity contribution in [3.63, 3.8) is 0 Å². The maximum atomic E-state index is 11.9. The van der Waals surface area contributed by atoms with Crippen molar-refractivity contribution in [2.45, 2.75) is 39.3 Å². The molecular weight excluding hydrogens is 204 g/mol. The molecule has 0 aliphatic heterocycles. The molecule has 4 nitrogen and oxygen atoms in total. The van der Waals surface area contributed by atoms with Crippen molar-refractivity contribution in [2.24, 2.45) is 5.92 Å². The molecular formula is C12H26N2O2. The van der Waals surface area contributed by atoms with Crippen LogP contribution in [0.5, 0.6) is 0 Å². The molecule has 0 rings (SSSR count). The Balaban J connectivity index is 4.46. The van der Waals surface area contributed by atoms with Gasteiger partial charge in [0.25, 0.3) is 5.91 Å². The van der Waals surface area contributed by atoms with E-state index in [0.717, 1.165) is 6.54 Å². The highest BCUT2D eigenvalue weighted by atomic mass is 16.5. The molecule has 1 atom stereocenters. The minimum absolute atomic E-state index is 0.0597. The number of rotatable bonds is 6. The van der Waals surface area contributed by atoms with Crippen LogP contribution in [0.3, 0.4) is 0 Å². The van der Waals surface area contributed by atoms with Gasteiger partial charge in [0.15, 0.2) is 0 Å². The SMILES string of the molecule is COC(C)(C)C(=O)NC(CN(C)C)C(C)C. The van der Waals surface area contributed by atoms with Gasteiger partial charge in [0.05, 0.1) is 0 Å². The summed E-state index contributed by atoms with van der Waals surface area (Å²) in [5, 5.41) is 3.03. The van der Waals surface area contributed by atoms with Crippen LogP contribution in [0.1, 0.15) is 27.7 Å². The lowest BCUT2D eigenvalue weighted by molar-refractivity contribution is -0.140. The molecule has 16 heavy (non-hydrogen) atoms. The van der Waals surface area contributed by atoms with Crippen LogP contribution in [-0.4, -0.2) is 50.2 Å². The molecule has 0 heterocycles. The van der Waals surface area contributed by atoms with Gasteiger partial charge in [-0.25, -0.2) is 0 Å². The minimum atomic E-state index is -0.764. The highest BCUT2D eigenvalue weighted by Crippen LogP contribution is 2.10. The Bertz CT molecular complexity index is 225. The molecule has 0 radical (unpaired) electrons. The Morgan fingerprint density at radius 2 is 1.88 bits per heavy atom. The summed E-state index contributed by atoms with van der Waals surface area (Å²) in [6.45, 7) is 8.59. The Labute approximate surface area is 99.3 Å². The van der Waals surface area contributed by atoms with Crippen LogP contribution in [0.15, 0.2) is 0 Å². The van der Waals surface area contributed by atoms with Crippen molar-refractivity contribution in [3.05, 3.63) is 0 Å². The van der Waals surface area contributed by atoms with Crippen LogP contribution in [0.4, 0.5) is 0 Å². The number of likely N-dealkylation sites (N-methyl/N-ethyl adjacent to an activating group) is 1. The second-order valence-corrected chi connectivity index (χ2v) is 5.30. The molecule has 0 aliphatic rings. The van der Waals surface area contributed by atoms with Gasteiger partial charge in [0.1, 0.15) is 5.60 Å². The van der Waals surface area contributed by atoms with E-state index in [1.165, 1.54) is 0 Å². The molecule has 0 saturated carbocycles. The standard InChI is InChI=1S/C12H26N2O2/c1-9(2)10(8-14(5)6)13-11(15)12(3,4)16-7/h9-10H,8H2,1-7H3,(H,13,15). The van der Waals surface area contributed by atoms with Gasteiger partial charge in [-0.15, -0.1) is 0 Å². The fourth-order valence-electron chi connectivity index (χ4n) is 1.25. The number of carbonyl (C=O) groups excluding carboxylic acids is 1. The summed E-state index contributed by atoms with van der Waals surface area (Å²) in [4.78, 5) is 14.0. The van der Waals surface area contributed by atoms with E-state index in [4.69, 9.17) is 4.74 Å². The first-order valence-corrected chi connectivity index (χ1v) is 5.71. The lowest BCUT2D eigenvalue weighted by atomic mass is 10.0. The number of amides is 1. The topological polar surface area (TPSA) is 41.6 Å². The molecule has 0 bridgehead atoms. The number of carbonyl (C=O) groups is 1. The monoisotopic (exact) mass is 230 g/mol. The molecule has 0 fully saturated rings. The molecule has 0 aromatic heterocycles. The average molecular weight is 230 g/mol. The second kappa shape index (κ2) is 6.21. The van der Waals surface area contributed by atoms with Gasteiger partial charge in [-0.3, -0.25) is 4.79 Å². The van der Waals surface area contributed by atoms with Gasteiger partial charge in [-0.2, -0.15) is 0 Å². The third-order valence-corrected chi connectivity index (χ3v) is 2.74. The van der Waals surface area contributed by atoms with E-state index >= 15 is 0 Å². The average Bonchev–Trinajstić information content (AvgIpc) is 2.15. The molecule has 1 amide bonds. The number of nitrogens with zero attached hydrogens (tertiary/aromatic N) is 1. The smallest absolute Gasteiger partial charge is 0.251 e. The molecule has 0 aromatic carbocycles. The number of hydrogen-bond acceptors (Lipinski definition) is 3. The fourth-order valence-corrected chi connectivity index (χ4v) is 1.25. The van der Waals surface area contributed by atoms with Gasteiger partial charge in [-0.1, -0.05) is 13.8 Å². The normalized spacial score (nSPS) is 14.3. The summed E-state index contributed by atoms with van der Waals surface area (Å²) in [5.74, 6) is 0.342. The Hall–Kier alpha value is -0.610. The minimum Gasteiger partial charge on any atom is -0.369 e. The predicted octanol–water partition coefficient (Wildman–Crippen LogP) is 1.11. The lowest BCUT2D eigenvalue weighted by Gasteiger charge is -2.30. The highest BCUT2D eigenvalue weighted by Gasteiger charge is 2.29. The van der Waals surface area contributed by atoms with Gasteiger partial charge >= 0.3 is 0 Å². The molecule has 4 heteroatoms. The maximum Gasteiger partial charge on any atom is 0.251 e. The van der Waals surface area contributed by atoms with Gasteiger partial charge in [-0.05, 0) is 33.9 Å². The van der Waals surface area contributed by atoms with Crippen LogP contribution in [0.2, 0.25) is 0 Å². The Kier molecular flexibility index (Phi) is 5.97. The second-order valence-electron chi connectivity index (χ2n) is 5.30. The maximum absolute atomic E-state index is 11.9. The van der Waals surface area contributed by atoms with Crippen molar-refractivity contribution in [1.29, 1.82) is 0 Å². The van der Waals surface area contributed by atoms with E-state index in [1.54, 1.807) is 21.0 Å². The molecule has 0 aliphatic carbocycles. The Morgan fingerprint density at radius 1 is 1.38 bits per heavy atom. The largest absolute Gasteiger partial charge is 0.369 e. The van der Waals surface area contributed by atoms with Crippen molar-refractivity contribution >= 4 is 5.91 Å². The zero-order valence-corrected chi connectivity index (χ0v) is 11.6.